The van der Waals surface area contributed by atoms with Gasteiger partial charge in [-0.1, -0.05) is 19.3 Å². The van der Waals surface area contributed by atoms with Gasteiger partial charge in [0.05, 0.1) is 24.7 Å². The van der Waals surface area contributed by atoms with Crippen LogP contribution in [0.3, 0.4) is 0 Å². The second kappa shape index (κ2) is 7.35. The Bertz CT molecular complexity index is 669. The Morgan fingerprint density at radius 1 is 1.17 bits per heavy atom. The fraction of sp³-hybridized carbons (Fsp3) is 0.412. The summed E-state index contributed by atoms with van der Waals surface area (Å²) in [6, 6.07) is 7.81. The maximum absolute atomic E-state index is 6.21. The van der Waals surface area contributed by atoms with Gasteiger partial charge >= 0.3 is 0 Å². The van der Waals surface area contributed by atoms with Crippen LogP contribution in [0.1, 0.15) is 32.1 Å². The number of methoxy groups -OCH3 is 1. The number of aromatic nitrogens is 2. The Kier molecular flexibility index (Phi) is 5.00. The fourth-order valence-electron chi connectivity index (χ4n) is 2.94. The van der Waals surface area contributed by atoms with Gasteiger partial charge in [0.15, 0.2) is 5.82 Å². The summed E-state index contributed by atoms with van der Waals surface area (Å²) in [4.78, 5) is 8.79. The molecule has 2 aromatic rings. The van der Waals surface area contributed by atoms with Gasteiger partial charge in [0.25, 0.3) is 0 Å². The smallest absolute Gasteiger partial charge is 0.225 e. The van der Waals surface area contributed by atoms with Crippen LogP contribution in [0, 0.1) is 0 Å². The summed E-state index contributed by atoms with van der Waals surface area (Å²) in [5.74, 6) is 8.02. The second-order valence-electron chi connectivity index (χ2n) is 6.02. The lowest BCUT2D eigenvalue weighted by molar-refractivity contribution is 0.415. The van der Waals surface area contributed by atoms with Crippen molar-refractivity contribution in [2.45, 2.75) is 38.1 Å². The number of benzene rings is 1. The molecule has 0 bridgehead atoms. The van der Waals surface area contributed by atoms with Crippen LogP contribution in [0.25, 0.3) is 0 Å². The SMILES string of the molecule is COc1ccc(N(N)c2nc(NC3CCCCC3)ncc2N)cc1. The van der Waals surface area contributed by atoms with Crippen molar-refractivity contribution in [2.75, 3.05) is 23.2 Å². The number of hydrazine groups is 1. The van der Waals surface area contributed by atoms with Crippen LogP contribution in [0.4, 0.5) is 23.1 Å². The molecule has 24 heavy (non-hydrogen) atoms. The van der Waals surface area contributed by atoms with E-state index in [0.717, 1.165) is 24.3 Å². The summed E-state index contributed by atoms with van der Waals surface area (Å²) >= 11 is 0. The number of nitrogens with two attached hydrogens (primary N) is 2. The molecule has 1 aliphatic rings. The molecule has 3 rings (SSSR count). The largest absolute Gasteiger partial charge is 0.497 e. The summed E-state index contributed by atoms with van der Waals surface area (Å²) in [5.41, 5.74) is 7.22. The van der Waals surface area contributed by atoms with E-state index in [4.69, 9.17) is 16.3 Å². The Balaban J connectivity index is 1.79. The number of anilines is 4. The molecule has 0 amide bonds. The Labute approximate surface area is 142 Å². The molecule has 7 nitrogen and oxygen atoms in total. The van der Waals surface area contributed by atoms with Crippen molar-refractivity contribution in [1.82, 2.24) is 9.97 Å². The summed E-state index contributed by atoms with van der Waals surface area (Å²) < 4.78 is 5.16. The average molecular weight is 328 g/mol. The zero-order chi connectivity index (χ0) is 16.9. The van der Waals surface area contributed by atoms with Crippen molar-refractivity contribution in [3.05, 3.63) is 30.5 Å². The quantitative estimate of drug-likeness (QED) is 0.573. The molecule has 1 heterocycles. The number of nitrogen functional groups attached to an aromatic ring is 1. The summed E-state index contributed by atoms with van der Waals surface area (Å²) in [7, 11) is 1.63. The van der Waals surface area contributed by atoms with E-state index >= 15 is 0 Å². The molecule has 1 aromatic carbocycles. The number of hydrogen-bond donors (Lipinski definition) is 3. The minimum atomic E-state index is 0.419. The van der Waals surface area contributed by atoms with Gasteiger partial charge in [0.1, 0.15) is 5.75 Å². The summed E-state index contributed by atoms with van der Waals surface area (Å²) in [6.07, 6.45) is 7.68. The Morgan fingerprint density at radius 3 is 2.54 bits per heavy atom. The lowest BCUT2D eigenvalue weighted by atomic mass is 9.96. The molecular weight excluding hydrogens is 304 g/mol. The zero-order valence-electron chi connectivity index (χ0n) is 13.9. The molecule has 0 radical (unpaired) electrons. The molecule has 0 spiro atoms. The number of nitrogens with zero attached hydrogens (tertiary/aromatic N) is 3. The van der Waals surface area contributed by atoms with E-state index in [1.807, 2.05) is 24.3 Å². The van der Waals surface area contributed by atoms with Gasteiger partial charge in [-0.05, 0) is 37.1 Å². The molecule has 0 saturated heterocycles. The van der Waals surface area contributed by atoms with Gasteiger partial charge in [0.2, 0.25) is 5.95 Å². The molecule has 1 fully saturated rings. The highest BCUT2D eigenvalue weighted by molar-refractivity contribution is 5.70. The molecule has 0 aliphatic heterocycles. The highest BCUT2D eigenvalue weighted by Crippen LogP contribution is 2.28. The zero-order valence-corrected chi connectivity index (χ0v) is 13.9. The molecule has 1 saturated carbocycles. The maximum Gasteiger partial charge on any atom is 0.225 e. The van der Waals surface area contributed by atoms with E-state index in [9.17, 15) is 0 Å². The molecule has 7 heteroatoms. The normalized spacial score (nSPS) is 15.1. The average Bonchev–Trinajstić information content (AvgIpc) is 2.64. The predicted octanol–water partition coefficient (Wildman–Crippen LogP) is 2.82. The van der Waals surface area contributed by atoms with E-state index < -0.39 is 0 Å². The molecule has 128 valence electrons. The van der Waals surface area contributed by atoms with E-state index in [-0.39, 0.29) is 0 Å². The van der Waals surface area contributed by atoms with Crippen molar-refractivity contribution in [1.29, 1.82) is 0 Å². The van der Waals surface area contributed by atoms with Crippen molar-refractivity contribution in [3.63, 3.8) is 0 Å². The van der Waals surface area contributed by atoms with Gasteiger partial charge in [-0.25, -0.2) is 10.8 Å². The minimum Gasteiger partial charge on any atom is -0.497 e. The lowest BCUT2D eigenvalue weighted by Crippen LogP contribution is -2.28. The third-order valence-corrected chi connectivity index (χ3v) is 4.31. The van der Waals surface area contributed by atoms with Crippen molar-refractivity contribution >= 4 is 23.1 Å². The molecule has 1 aliphatic carbocycles. The number of nitrogens with one attached hydrogen (secondary N) is 1. The molecule has 5 N–H and O–H groups in total. The van der Waals surface area contributed by atoms with Crippen LogP contribution in [0.5, 0.6) is 5.75 Å². The molecule has 0 atom stereocenters. The standard InChI is InChI=1S/C17H24N6O/c1-24-14-9-7-13(8-10-14)23(19)16-15(18)11-20-17(22-16)21-12-5-3-2-4-6-12/h7-12H,2-6,18-19H2,1H3,(H,20,21,22). The van der Waals surface area contributed by atoms with Gasteiger partial charge in [0, 0.05) is 6.04 Å². The van der Waals surface area contributed by atoms with Gasteiger partial charge < -0.3 is 15.8 Å². The van der Waals surface area contributed by atoms with Crippen LogP contribution in [-0.4, -0.2) is 23.1 Å². The van der Waals surface area contributed by atoms with Crippen LogP contribution in [0.2, 0.25) is 0 Å². The first-order chi connectivity index (χ1) is 11.7. The highest BCUT2D eigenvalue weighted by atomic mass is 16.5. The van der Waals surface area contributed by atoms with Crippen LogP contribution >= 0.6 is 0 Å². The fourth-order valence-corrected chi connectivity index (χ4v) is 2.94. The highest BCUT2D eigenvalue weighted by Gasteiger charge is 2.17. The topological polar surface area (TPSA) is 102 Å². The number of hydrogen-bond acceptors (Lipinski definition) is 7. The first-order valence-electron chi connectivity index (χ1n) is 8.25. The van der Waals surface area contributed by atoms with E-state index in [2.05, 4.69) is 15.3 Å². The van der Waals surface area contributed by atoms with Crippen molar-refractivity contribution in [2.24, 2.45) is 5.84 Å². The van der Waals surface area contributed by atoms with E-state index in [1.54, 1.807) is 13.3 Å². The maximum atomic E-state index is 6.21. The van der Waals surface area contributed by atoms with E-state index in [1.165, 1.54) is 24.3 Å². The third-order valence-electron chi connectivity index (χ3n) is 4.31. The Morgan fingerprint density at radius 2 is 1.88 bits per heavy atom. The van der Waals surface area contributed by atoms with Crippen LogP contribution in [0.15, 0.2) is 30.5 Å². The monoisotopic (exact) mass is 328 g/mol. The van der Waals surface area contributed by atoms with Gasteiger partial charge in [-0.15, -0.1) is 0 Å². The third kappa shape index (κ3) is 3.68. The lowest BCUT2D eigenvalue weighted by Gasteiger charge is -2.24. The van der Waals surface area contributed by atoms with Crippen molar-refractivity contribution < 1.29 is 4.74 Å². The first kappa shape index (κ1) is 16.3. The Hall–Kier alpha value is -2.54. The van der Waals surface area contributed by atoms with Crippen LogP contribution < -0.4 is 26.6 Å². The van der Waals surface area contributed by atoms with Gasteiger partial charge in [-0.2, -0.15) is 4.98 Å². The second-order valence-corrected chi connectivity index (χ2v) is 6.02. The summed E-state index contributed by atoms with van der Waals surface area (Å²) in [5, 5.41) is 4.85. The predicted molar refractivity (Wildman–Crippen MR) is 96.3 cm³/mol. The van der Waals surface area contributed by atoms with Crippen LogP contribution in [-0.2, 0) is 0 Å². The first-order valence-corrected chi connectivity index (χ1v) is 8.25. The number of ether oxygens (including phenoxy) is 1. The molecule has 1 aromatic heterocycles. The summed E-state index contributed by atoms with van der Waals surface area (Å²) in [6.45, 7) is 0. The molecular formula is C17H24N6O. The minimum absolute atomic E-state index is 0.419. The molecule has 0 unspecified atom stereocenters. The number of rotatable bonds is 5. The van der Waals surface area contributed by atoms with Crippen molar-refractivity contribution in [3.8, 4) is 5.75 Å². The van der Waals surface area contributed by atoms with E-state index in [0.29, 0.717) is 23.5 Å². The van der Waals surface area contributed by atoms with Gasteiger partial charge in [-0.3, -0.25) is 5.01 Å².